The number of pyridine rings is 1. The zero-order valence-electron chi connectivity index (χ0n) is 7.42. The molecule has 0 saturated heterocycles. The van der Waals surface area contributed by atoms with Crippen molar-refractivity contribution < 1.29 is 0 Å². The van der Waals surface area contributed by atoms with Gasteiger partial charge >= 0.3 is 0 Å². The lowest BCUT2D eigenvalue weighted by Gasteiger charge is -2.11. The number of aromatic nitrogens is 1. The lowest BCUT2D eigenvalue weighted by atomic mass is 10.0. The molecule has 13 heavy (non-hydrogen) atoms. The molecule has 1 N–H and O–H groups in total. The van der Waals surface area contributed by atoms with Crippen LogP contribution >= 0.6 is 12.2 Å². The Morgan fingerprint density at radius 1 is 1.38 bits per heavy atom. The minimum absolute atomic E-state index is 0.808. The second kappa shape index (κ2) is 3.83. The van der Waals surface area contributed by atoms with E-state index in [9.17, 15) is 0 Å². The van der Waals surface area contributed by atoms with Gasteiger partial charge in [-0.05, 0) is 31.4 Å². The maximum Gasteiger partial charge on any atom is 0.112 e. The number of aliphatic imine (C=N–C) groups is 1. The molecule has 0 spiro atoms. The molecule has 0 aromatic carbocycles. The first-order chi connectivity index (χ1) is 6.38. The SMILES string of the molecule is S=c1[nH]cccc1C1=NCCCC1. The summed E-state index contributed by atoms with van der Waals surface area (Å²) in [6.45, 7) is 0.957. The summed E-state index contributed by atoms with van der Waals surface area (Å²) in [4.78, 5) is 7.52. The predicted octanol–water partition coefficient (Wildman–Crippen LogP) is 2.72. The molecule has 0 unspecified atom stereocenters. The van der Waals surface area contributed by atoms with Crippen molar-refractivity contribution in [3.8, 4) is 0 Å². The van der Waals surface area contributed by atoms with Gasteiger partial charge in [-0.2, -0.15) is 0 Å². The van der Waals surface area contributed by atoms with Crippen LogP contribution in [-0.2, 0) is 0 Å². The van der Waals surface area contributed by atoms with Crippen LogP contribution in [0.3, 0.4) is 0 Å². The molecule has 0 amide bonds. The highest BCUT2D eigenvalue weighted by Crippen LogP contribution is 2.13. The molecule has 0 radical (unpaired) electrons. The van der Waals surface area contributed by atoms with Crippen LogP contribution in [0, 0.1) is 4.64 Å². The lowest BCUT2D eigenvalue weighted by Crippen LogP contribution is -2.08. The molecule has 2 rings (SSSR count). The largest absolute Gasteiger partial charge is 0.352 e. The molecule has 0 atom stereocenters. The van der Waals surface area contributed by atoms with E-state index in [0.717, 1.165) is 23.2 Å². The summed E-state index contributed by atoms with van der Waals surface area (Å²) in [5, 5.41) is 0. The summed E-state index contributed by atoms with van der Waals surface area (Å²) in [7, 11) is 0. The van der Waals surface area contributed by atoms with Crippen LogP contribution in [0.25, 0.3) is 0 Å². The highest BCUT2D eigenvalue weighted by atomic mass is 32.1. The number of H-pyrrole nitrogens is 1. The third-order valence-corrected chi connectivity index (χ3v) is 2.59. The Balaban J connectivity index is 2.40. The molecule has 2 heterocycles. The van der Waals surface area contributed by atoms with E-state index in [4.69, 9.17) is 12.2 Å². The van der Waals surface area contributed by atoms with Crippen LogP contribution in [0.2, 0.25) is 0 Å². The number of nitrogens with one attached hydrogen (secondary N) is 1. The standard InChI is InChI=1S/C10H12N2S/c13-10-8(4-3-7-12-10)9-5-1-2-6-11-9/h3-4,7H,1-2,5-6H2,(H,12,13). The number of hydrogen-bond donors (Lipinski definition) is 1. The fraction of sp³-hybridized carbons (Fsp3) is 0.400. The molecule has 1 aliphatic rings. The van der Waals surface area contributed by atoms with Crippen LogP contribution < -0.4 is 0 Å². The monoisotopic (exact) mass is 192 g/mol. The molecule has 2 nitrogen and oxygen atoms in total. The fourth-order valence-corrected chi connectivity index (χ4v) is 1.82. The molecule has 1 aromatic rings. The maximum atomic E-state index is 5.20. The molecule has 0 aliphatic carbocycles. The highest BCUT2D eigenvalue weighted by molar-refractivity contribution is 7.71. The van der Waals surface area contributed by atoms with Crippen LogP contribution in [0.4, 0.5) is 0 Å². The van der Waals surface area contributed by atoms with Gasteiger partial charge in [0.15, 0.2) is 0 Å². The lowest BCUT2D eigenvalue weighted by molar-refractivity contribution is 0.738. The van der Waals surface area contributed by atoms with Gasteiger partial charge < -0.3 is 4.98 Å². The number of aromatic amines is 1. The van der Waals surface area contributed by atoms with E-state index in [1.54, 1.807) is 0 Å². The smallest absolute Gasteiger partial charge is 0.112 e. The van der Waals surface area contributed by atoms with Crippen molar-refractivity contribution in [2.75, 3.05) is 6.54 Å². The van der Waals surface area contributed by atoms with E-state index in [1.807, 2.05) is 18.3 Å². The first kappa shape index (κ1) is 8.63. The molecule has 0 fully saturated rings. The van der Waals surface area contributed by atoms with Gasteiger partial charge in [-0.3, -0.25) is 4.99 Å². The van der Waals surface area contributed by atoms with Crippen LogP contribution in [0.15, 0.2) is 23.3 Å². The molecular formula is C10H12N2S. The van der Waals surface area contributed by atoms with Gasteiger partial charge in [0.2, 0.25) is 0 Å². The van der Waals surface area contributed by atoms with Crippen molar-refractivity contribution in [2.24, 2.45) is 4.99 Å². The predicted molar refractivity (Wildman–Crippen MR) is 56.9 cm³/mol. The van der Waals surface area contributed by atoms with Crippen LogP contribution in [0.5, 0.6) is 0 Å². The van der Waals surface area contributed by atoms with Crippen LogP contribution in [-0.4, -0.2) is 17.2 Å². The number of rotatable bonds is 1. The minimum atomic E-state index is 0.808. The Labute approximate surface area is 82.7 Å². The Morgan fingerprint density at radius 2 is 2.31 bits per heavy atom. The average molecular weight is 192 g/mol. The van der Waals surface area contributed by atoms with E-state index >= 15 is 0 Å². The topological polar surface area (TPSA) is 28.1 Å². The summed E-state index contributed by atoms with van der Waals surface area (Å²) in [6.07, 6.45) is 5.38. The third kappa shape index (κ3) is 1.86. The second-order valence-corrected chi connectivity index (χ2v) is 3.61. The third-order valence-electron chi connectivity index (χ3n) is 2.25. The summed E-state index contributed by atoms with van der Waals surface area (Å²) in [6, 6.07) is 4.02. The van der Waals surface area contributed by atoms with Crippen molar-refractivity contribution in [3.05, 3.63) is 28.5 Å². The van der Waals surface area contributed by atoms with Crippen molar-refractivity contribution >= 4 is 17.9 Å². The van der Waals surface area contributed by atoms with Crippen LogP contribution in [0.1, 0.15) is 24.8 Å². The first-order valence-electron chi connectivity index (χ1n) is 4.59. The average Bonchev–Trinajstić information content (AvgIpc) is 2.20. The Morgan fingerprint density at radius 3 is 3.00 bits per heavy atom. The van der Waals surface area contributed by atoms with Crippen molar-refractivity contribution in [3.63, 3.8) is 0 Å². The van der Waals surface area contributed by atoms with Gasteiger partial charge in [-0.1, -0.05) is 12.2 Å². The van der Waals surface area contributed by atoms with Crippen molar-refractivity contribution in [2.45, 2.75) is 19.3 Å². The van der Waals surface area contributed by atoms with E-state index in [0.29, 0.717) is 0 Å². The number of nitrogens with zero attached hydrogens (tertiary/aromatic N) is 1. The second-order valence-electron chi connectivity index (χ2n) is 3.20. The van der Waals surface area contributed by atoms with Gasteiger partial charge in [0.25, 0.3) is 0 Å². The van der Waals surface area contributed by atoms with Gasteiger partial charge in [0, 0.05) is 24.0 Å². The summed E-state index contributed by atoms with van der Waals surface area (Å²) in [5.41, 5.74) is 2.28. The van der Waals surface area contributed by atoms with Gasteiger partial charge in [0.1, 0.15) is 4.64 Å². The molecular weight excluding hydrogens is 180 g/mol. The van der Waals surface area contributed by atoms with Crippen molar-refractivity contribution in [1.29, 1.82) is 0 Å². The molecule has 0 saturated carbocycles. The van der Waals surface area contributed by atoms with Gasteiger partial charge in [-0.25, -0.2) is 0 Å². The number of hydrogen-bond acceptors (Lipinski definition) is 2. The molecule has 1 aromatic heterocycles. The Bertz CT molecular complexity index is 379. The minimum Gasteiger partial charge on any atom is -0.352 e. The van der Waals surface area contributed by atoms with E-state index in [1.165, 1.54) is 18.6 Å². The van der Waals surface area contributed by atoms with E-state index < -0.39 is 0 Å². The van der Waals surface area contributed by atoms with Gasteiger partial charge in [0.05, 0.1) is 0 Å². The Hall–Kier alpha value is -0.960. The molecule has 68 valence electrons. The highest BCUT2D eigenvalue weighted by Gasteiger charge is 2.08. The fourth-order valence-electron chi connectivity index (χ4n) is 1.57. The molecule has 3 heteroatoms. The van der Waals surface area contributed by atoms with E-state index in [-0.39, 0.29) is 0 Å². The maximum absolute atomic E-state index is 5.20. The first-order valence-corrected chi connectivity index (χ1v) is 5.00. The van der Waals surface area contributed by atoms with E-state index in [2.05, 4.69) is 9.98 Å². The zero-order valence-corrected chi connectivity index (χ0v) is 8.23. The normalized spacial score (nSPS) is 16.8. The summed E-state index contributed by atoms with van der Waals surface area (Å²) >= 11 is 5.20. The molecule has 1 aliphatic heterocycles. The zero-order chi connectivity index (χ0) is 9.10. The van der Waals surface area contributed by atoms with Crippen molar-refractivity contribution in [1.82, 2.24) is 4.98 Å². The van der Waals surface area contributed by atoms with Gasteiger partial charge in [-0.15, -0.1) is 0 Å². The summed E-state index contributed by atoms with van der Waals surface area (Å²) in [5.74, 6) is 0. The Kier molecular flexibility index (Phi) is 2.54. The summed E-state index contributed by atoms with van der Waals surface area (Å²) < 4.78 is 0.808. The molecule has 0 bridgehead atoms. The quantitative estimate of drug-likeness (QED) is 0.681.